The van der Waals surface area contributed by atoms with Crippen molar-refractivity contribution in [2.45, 2.75) is 70.8 Å². The van der Waals surface area contributed by atoms with Crippen LogP contribution in [0.25, 0.3) is 0 Å². The summed E-state index contributed by atoms with van der Waals surface area (Å²) in [6.07, 6.45) is 6.71. The van der Waals surface area contributed by atoms with Crippen molar-refractivity contribution in [3.05, 3.63) is 0 Å². The summed E-state index contributed by atoms with van der Waals surface area (Å²) in [5.74, 6) is -0.988. The van der Waals surface area contributed by atoms with E-state index in [9.17, 15) is 14.4 Å². The number of carbonyl (C=O) groups excluding carboxylic acids is 2. The van der Waals surface area contributed by atoms with E-state index in [4.69, 9.17) is 9.84 Å². The summed E-state index contributed by atoms with van der Waals surface area (Å²) < 4.78 is 5.41. The van der Waals surface area contributed by atoms with Crippen molar-refractivity contribution in [1.82, 2.24) is 10.2 Å². The Bertz CT molecular complexity index is 414. The zero-order valence-corrected chi connectivity index (χ0v) is 14.6. The molecule has 7 nitrogen and oxygen atoms in total. The highest BCUT2D eigenvalue weighted by atomic mass is 16.5. The van der Waals surface area contributed by atoms with Gasteiger partial charge in [-0.3, -0.25) is 14.9 Å². The Balaban J connectivity index is 2.23. The number of nitrogens with one attached hydrogen (secondary N) is 1. The molecule has 1 rings (SSSR count). The number of urea groups is 1. The zero-order valence-electron chi connectivity index (χ0n) is 14.6. The van der Waals surface area contributed by atoms with Gasteiger partial charge in [-0.05, 0) is 32.1 Å². The first kappa shape index (κ1) is 20.4. The van der Waals surface area contributed by atoms with E-state index in [-0.39, 0.29) is 24.4 Å². The summed E-state index contributed by atoms with van der Waals surface area (Å²) in [5, 5.41) is 11.0. The lowest BCUT2D eigenvalue weighted by Gasteiger charge is -2.21. The molecule has 0 saturated carbocycles. The molecule has 1 fully saturated rings. The van der Waals surface area contributed by atoms with Gasteiger partial charge in [0.25, 0.3) is 5.91 Å². The molecule has 3 amide bonds. The summed E-state index contributed by atoms with van der Waals surface area (Å²) in [5.41, 5.74) is 0. The van der Waals surface area contributed by atoms with Crippen LogP contribution in [0.1, 0.15) is 64.7 Å². The van der Waals surface area contributed by atoms with Crippen molar-refractivity contribution >= 4 is 17.9 Å². The van der Waals surface area contributed by atoms with Crippen LogP contribution in [-0.4, -0.2) is 53.7 Å². The topological polar surface area (TPSA) is 95.9 Å². The van der Waals surface area contributed by atoms with Gasteiger partial charge in [-0.1, -0.05) is 26.2 Å². The van der Waals surface area contributed by atoms with Gasteiger partial charge in [-0.25, -0.2) is 4.79 Å². The molecule has 1 atom stereocenters. The minimum Gasteiger partial charge on any atom is -0.481 e. The van der Waals surface area contributed by atoms with Gasteiger partial charge in [0.05, 0.1) is 0 Å². The van der Waals surface area contributed by atoms with Gasteiger partial charge in [0, 0.05) is 26.2 Å². The molecule has 0 aromatic carbocycles. The van der Waals surface area contributed by atoms with E-state index in [0.29, 0.717) is 26.0 Å². The molecule has 138 valence electrons. The highest BCUT2D eigenvalue weighted by molar-refractivity contribution is 6.04. The summed E-state index contributed by atoms with van der Waals surface area (Å²) in [4.78, 5) is 35.8. The molecule has 1 unspecified atom stereocenters. The van der Waals surface area contributed by atoms with Crippen LogP contribution >= 0.6 is 0 Å². The number of aliphatic carboxylic acids is 1. The van der Waals surface area contributed by atoms with Gasteiger partial charge in [-0.15, -0.1) is 0 Å². The zero-order chi connectivity index (χ0) is 17.8. The Morgan fingerprint density at radius 2 is 1.88 bits per heavy atom. The van der Waals surface area contributed by atoms with Gasteiger partial charge in [0.1, 0.15) is 6.04 Å². The van der Waals surface area contributed by atoms with Crippen LogP contribution in [0, 0.1) is 0 Å². The molecule has 0 bridgehead atoms. The Morgan fingerprint density at radius 1 is 1.12 bits per heavy atom. The molecule has 0 spiro atoms. The maximum absolute atomic E-state index is 11.9. The average Bonchev–Trinajstić information content (AvgIpc) is 2.80. The van der Waals surface area contributed by atoms with Gasteiger partial charge >= 0.3 is 12.0 Å². The molecule has 24 heavy (non-hydrogen) atoms. The predicted octanol–water partition coefficient (Wildman–Crippen LogP) is 2.54. The minimum absolute atomic E-state index is 0.189. The number of imide groups is 1. The SMILES string of the molecule is CCCOCCCCN1C(=O)NC(=O)C1CCCCCCC(=O)O. The van der Waals surface area contributed by atoms with Crippen LogP contribution in [0.4, 0.5) is 4.79 Å². The number of carboxylic acids is 1. The van der Waals surface area contributed by atoms with Gasteiger partial charge in [-0.2, -0.15) is 0 Å². The van der Waals surface area contributed by atoms with Gasteiger partial charge in [0.2, 0.25) is 0 Å². The van der Waals surface area contributed by atoms with Crippen molar-refractivity contribution in [3.8, 4) is 0 Å². The minimum atomic E-state index is -0.773. The monoisotopic (exact) mass is 342 g/mol. The number of ether oxygens (including phenoxy) is 1. The van der Waals surface area contributed by atoms with Gasteiger partial charge < -0.3 is 14.7 Å². The third-order valence-electron chi connectivity index (χ3n) is 4.07. The Morgan fingerprint density at radius 3 is 2.58 bits per heavy atom. The number of nitrogens with zero attached hydrogens (tertiary/aromatic N) is 1. The smallest absolute Gasteiger partial charge is 0.324 e. The molecule has 0 aromatic heterocycles. The van der Waals surface area contributed by atoms with Crippen molar-refractivity contribution in [2.75, 3.05) is 19.8 Å². The third kappa shape index (κ3) is 7.77. The highest BCUT2D eigenvalue weighted by Gasteiger charge is 2.37. The number of unbranched alkanes of at least 4 members (excludes halogenated alkanes) is 4. The van der Waals surface area contributed by atoms with Gasteiger partial charge in [0.15, 0.2) is 0 Å². The van der Waals surface area contributed by atoms with E-state index in [1.54, 1.807) is 4.90 Å². The number of amides is 3. The Kier molecular flexibility index (Phi) is 10.1. The van der Waals surface area contributed by atoms with Crippen molar-refractivity contribution in [2.24, 2.45) is 0 Å². The molecule has 1 aliphatic rings. The van der Waals surface area contributed by atoms with Crippen LogP contribution in [0.2, 0.25) is 0 Å². The van der Waals surface area contributed by atoms with Crippen LogP contribution in [0.5, 0.6) is 0 Å². The fourth-order valence-electron chi connectivity index (χ4n) is 2.79. The summed E-state index contributed by atoms with van der Waals surface area (Å²) in [7, 11) is 0. The molecule has 1 saturated heterocycles. The number of hydrogen-bond acceptors (Lipinski definition) is 4. The third-order valence-corrected chi connectivity index (χ3v) is 4.07. The molecular formula is C17H30N2O5. The number of carboxylic acid groups (broad SMARTS) is 1. The Hall–Kier alpha value is -1.63. The second-order valence-corrected chi connectivity index (χ2v) is 6.17. The largest absolute Gasteiger partial charge is 0.481 e. The number of rotatable bonds is 14. The molecule has 0 radical (unpaired) electrons. The van der Waals surface area contributed by atoms with E-state index in [1.165, 1.54) is 0 Å². The summed E-state index contributed by atoms with van der Waals surface area (Å²) in [6, 6.07) is -0.682. The predicted molar refractivity (Wildman–Crippen MR) is 89.7 cm³/mol. The summed E-state index contributed by atoms with van der Waals surface area (Å²) >= 11 is 0. The van der Waals surface area contributed by atoms with Crippen LogP contribution in [0.15, 0.2) is 0 Å². The molecular weight excluding hydrogens is 312 g/mol. The van der Waals surface area contributed by atoms with Crippen molar-refractivity contribution in [1.29, 1.82) is 0 Å². The molecule has 1 aliphatic heterocycles. The van der Waals surface area contributed by atoms with Crippen LogP contribution in [0.3, 0.4) is 0 Å². The van der Waals surface area contributed by atoms with E-state index < -0.39 is 5.97 Å². The lowest BCUT2D eigenvalue weighted by atomic mass is 10.1. The van der Waals surface area contributed by atoms with Crippen LogP contribution in [-0.2, 0) is 14.3 Å². The van der Waals surface area contributed by atoms with Crippen molar-refractivity contribution in [3.63, 3.8) is 0 Å². The molecule has 0 aromatic rings. The fourth-order valence-corrected chi connectivity index (χ4v) is 2.79. The maximum atomic E-state index is 11.9. The first-order chi connectivity index (χ1) is 11.6. The van der Waals surface area contributed by atoms with E-state index in [2.05, 4.69) is 12.2 Å². The lowest BCUT2D eigenvalue weighted by molar-refractivity contribution is -0.137. The molecule has 0 aliphatic carbocycles. The standard InChI is InChI=1S/C17H30N2O5/c1-2-12-24-13-8-7-11-19-14(16(22)18-17(19)23)9-5-3-4-6-10-15(20)21/h14H,2-13H2,1H3,(H,20,21)(H,18,22,23). The van der Waals surface area contributed by atoms with E-state index >= 15 is 0 Å². The lowest BCUT2D eigenvalue weighted by Crippen LogP contribution is -2.36. The fraction of sp³-hybridized carbons (Fsp3) is 0.824. The average molecular weight is 342 g/mol. The Labute approximate surface area is 143 Å². The maximum Gasteiger partial charge on any atom is 0.324 e. The first-order valence-corrected chi connectivity index (χ1v) is 8.97. The normalized spacial score (nSPS) is 17.4. The molecule has 7 heteroatoms. The number of carbonyl (C=O) groups is 3. The second kappa shape index (κ2) is 11.8. The summed E-state index contributed by atoms with van der Waals surface area (Å²) in [6.45, 7) is 4.07. The molecule has 1 heterocycles. The number of hydrogen-bond donors (Lipinski definition) is 2. The van der Waals surface area contributed by atoms with Crippen LogP contribution < -0.4 is 5.32 Å². The highest BCUT2D eigenvalue weighted by Crippen LogP contribution is 2.17. The van der Waals surface area contributed by atoms with Crippen molar-refractivity contribution < 1.29 is 24.2 Å². The van der Waals surface area contributed by atoms with E-state index in [0.717, 1.165) is 45.1 Å². The molecule has 2 N–H and O–H groups in total. The first-order valence-electron chi connectivity index (χ1n) is 8.97. The quantitative estimate of drug-likeness (QED) is 0.373. The second-order valence-electron chi connectivity index (χ2n) is 6.17. The van der Waals surface area contributed by atoms with E-state index in [1.807, 2.05) is 0 Å².